The minimum absolute atomic E-state index is 0.819. The number of aromatic amines is 1. The number of hydrogen-bond acceptors (Lipinski definition) is 3. The number of H-pyrrole nitrogens is 1. The predicted molar refractivity (Wildman–Crippen MR) is 80.4 cm³/mol. The van der Waals surface area contributed by atoms with Crippen molar-refractivity contribution in [1.29, 1.82) is 5.26 Å². The maximum Gasteiger partial charge on any atom is 0.241 e. The van der Waals surface area contributed by atoms with Gasteiger partial charge in [-0.2, -0.15) is 15.6 Å². The SMILES string of the molecule is N#Cn1[nH]nccccccccccccccco1. The van der Waals surface area contributed by atoms with Crippen LogP contribution in [0.4, 0.5) is 0 Å². The van der Waals surface area contributed by atoms with E-state index in [1.807, 2.05) is 60.7 Å². The monoisotopic (exact) mass is 280 g/mol. The Labute approximate surface area is 123 Å². The van der Waals surface area contributed by atoms with E-state index in [9.17, 15) is 0 Å². The van der Waals surface area contributed by atoms with Gasteiger partial charge in [-0.25, -0.2) is 0 Å². The first kappa shape index (κ1) is 15.8. The lowest BCUT2D eigenvalue weighted by atomic mass is 10.4. The molecule has 1 N–H and O–H groups in total. The molecular weight excluding hydrogens is 264 g/mol. The Morgan fingerprint density at radius 2 is 1.24 bits per heavy atom. The van der Waals surface area contributed by atoms with Crippen molar-refractivity contribution in [2.24, 2.45) is 0 Å². The molecule has 0 spiro atoms. The summed E-state index contributed by atoms with van der Waals surface area (Å²) >= 11 is 0. The van der Waals surface area contributed by atoms with Crippen molar-refractivity contribution >= 4 is 0 Å². The topological polar surface area (TPSA) is 70.5 Å². The highest BCUT2D eigenvalue weighted by Crippen LogP contribution is 1.79. The minimum Gasteiger partial charge on any atom is -0.356 e. The van der Waals surface area contributed by atoms with Crippen LogP contribution in [0.5, 0.6) is 0 Å². The summed E-state index contributed by atoms with van der Waals surface area (Å²) < 4.78 is 4.99. The molecule has 0 aromatic carbocycles. The molecule has 0 radical (unpaired) electrons. The Balaban J connectivity index is 3.19. The molecule has 0 fully saturated rings. The average Bonchev–Trinajstić information content (AvgIpc) is 2.51. The molecule has 5 heteroatoms. The van der Waals surface area contributed by atoms with Gasteiger partial charge in [0.25, 0.3) is 0 Å². The highest BCUT2D eigenvalue weighted by molar-refractivity contribution is 4.97. The summed E-state index contributed by atoms with van der Waals surface area (Å²) in [5.41, 5.74) is 0. The fourth-order valence-corrected chi connectivity index (χ4v) is 1.10. The molecule has 21 heavy (non-hydrogen) atoms. The minimum atomic E-state index is 0.819. The summed E-state index contributed by atoms with van der Waals surface area (Å²) in [5.74, 6) is 0. The third-order valence-electron chi connectivity index (χ3n) is 1.98. The van der Waals surface area contributed by atoms with E-state index in [0.29, 0.717) is 0 Å². The molecule has 0 amide bonds. The van der Waals surface area contributed by atoms with Crippen LogP contribution in [0.15, 0.2) is 95.8 Å². The van der Waals surface area contributed by atoms with Gasteiger partial charge < -0.3 is 4.52 Å². The molecule has 1 aromatic rings. The summed E-state index contributed by atoms with van der Waals surface area (Å²) in [6.45, 7) is 0. The Kier molecular flexibility index (Phi) is 8.88. The molecular formula is C16H16N4O. The van der Waals surface area contributed by atoms with Crippen LogP contribution in [0.3, 0.4) is 0 Å². The molecule has 0 saturated heterocycles. The lowest BCUT2D eigenvalue weighted by Gasteiger charge is -1.83. The van der Waals surface area contributed by atoms with Gasteiger partial charge in [-0.05, 0) is 17.0 Å². The number of aromatic nitrogens is 3. The third kappa shape index (κ3) is 9.33. The number of nitrogens with zero attached hydrogens (tertiary/aromatic N) is 3. The van der Waals surface area contributed by atoms with Gasteiger partial charge in [-0.1, -0.05) is 66.7 Å². The maximum atomic E-state index is 8.79. The normalized spacial score (nSPS) is 7.95. The predicted octanol–water partition coefficient (Wildman–Crippen LogP) is 3.63. The van der Waals surface area contributed by atoms with Gasteiger partial charge in [0.15, 0.2) is 0 Å². The molecule has 0 bridgehead atoms. The maximum absolute atomic E-state index is 8.79. The van der Waals surface area contributed by atoms with Gasteiger partial charge in [0.05, 0.1) is 0 Å². The summed E-state index contributed by atoms with van der Waals surface area (Å²) in [6.07, 6.45) is 4.64. The second kappa shape index (κ2) is 11.8. The fraction of sp³-hybridized carbons (Fsp3) is 0. The van der Waals surface area contributed by atoms with Crippen LogP contribution in [0.1, 0.15) is 0 Å². The molecule has 0 aliphatic heterocycles. The fourth-order valence-electron chi connectivity index (χ4n) is 1.10. The zero-order valence-corrected chi connectivity index (χ0v) is 11.4. The van der Waals surface area contributed by atoms with E-state index in [4.69, 9.17) is 9.78 Å². The van der Waals surface area contributed by atoms with Crippen molar-refractivity contribution in [2.45, 2.75) is 0 Å². The van der Waals surface area contributed by atoms with Gasteiger partial charge in [0.2, 0.25) is 6.19 Å². The van der Waals surface area contributed by atoms with Crippen LogP contribution >= 0.6 is 0 Å². The second-order valence-corrected chi connectivity index (χ2v) is 3.52. The first-order chi connectivity index (χ1) is 10.4. The van der Waals surface area contributed by atoms with E-state index in [1.165, 1.54) is 12.5 Å². The molecule has 5 nitrogen and oxygen atoms in total. The average molecular weight is 280 g/mol. The summed E-state index contributed by atoms with van der Waals surface area (Å²) in [6, 6.07) is 24.1. The molecule has 1 heterocycles. The summed E-state index contributed by atoms with van der Waals surface area (Å²) in [7, 11) is 0. The zero-order chi connectivity index (χ0) is 15.0. The molecule has 0 atom stereocenters. The number of rotatable bonds is 0. The highest BCUT2D eigenvalue weighted by Gasteiger charge is 1.72. The van der Waals surface area contributed by atoms with Crippen molar-refractivity contribution in [3.8, 4) is 6.19 Å². The lowest BCUT2D eigenvalue weighted by Crippen LogP contribution is -1.92. The first-order valence-electron chi connectivity index (χ1n) is 6.24. The van der Waals surface area contributed by atoms with Crippen LogP contribution < -0.4 is 0 Å². The first-order valence-corrected chi connectivity index (χ1v) is 6.24. The van der Waals surface area contributed by atoms with Crippen molar-refractivity contribution in [3.63, 3.8) is 0 Å². The van der Waals surface area contributed by atoms with Gasteiger partial charge in [-0.15, -0.1) is 0 Å². The molecule has 106 valence electrons. The van der Waals surface area contributed by atoms with E-state index in [1.54, 1.807) is 24.4 Å². The Morgan fingerprint density at radius 1 is 0.762 bits per heavy atom. The van der Waals surface area contributed by atoms with Crippen molar-refractivity contribution in [2.75, 3.05) is 0 Å². The zero-order valence-electron chi connectivity index (χ0n) is 11.4. The van der Waals surface area contributed by atoms with Crippen LogP contribution in [0, 0.1) is 11.5 Å². The van der Waals surface area contributed by atoms with E-state index < -0.39 is 0 Å². The smallest absolute Gasteiger partial charge is 0.241 e. The highest BCUT2D eigenvalue weighted by atomic mass is 16.5. The summed E-state index contributed by atoms with van der Waals surface area (Å²) in [5, 5.41) is 15.0. The Bertz CT molecular complexity index is 611. The molecule has 1 rings (SSSR count). The Morgan fingerprint density at radius 3 is 1.76 bits per heavy atom. The largest absolute Gasteiger partial charge is 0.356 e. The van der Waals surface area contributed by atoms with E-state index in [-0.39, 0.29) is 0 Å². The van der Waals surface area contributed by atoms with Crippen LogP contribution in [-0.2, 0) is 0 Å². The molecule has 0 saturated carbocycles. The molecule has 0 unspecified atom stereocenters. The van der Waals surface area contributed by atoms with Crippen LogP contribution in [0.25, 0.3) is 0 Å². The van der Waals surface area contributed by atoms with Gasteiger partial charge in [0.1, 0.15) is 6.26 Å². The van der Waals surface area contributed by atoms with E-state index in [2.05, 4.69) is 10.3 Å². The third-order valence-corrected chi connectivity index (χ3v) is 1.98. The molecule has 0 aliphatic carbocycles. The van der Waals surface area contributed by atoms with Crippen LogP contribution in [0.2, 0.25) is 0 Å². The molecule has 1 aromatic heterocycles. The number of hydrogen-bond donors (Lipinski definition) is 1. The quantitative estimate of drug-likeness (QED) is 0.788. The number of nitriles is 1. The van der Waals surface area contributed by atoms with Gasteiger partial charge in [-0.3, -0.25) is 0 Å². The lowest BCUT2D eigenvalue weighted by molar-refractivity contribution is 0.283. The van der Waals surface area contributed by atoms with E-state index in [0.717, 1.165) is 4.85 Å². The van der Waals surface area contributed by atoms with Gasteiger partial charge in [0, 0.05) is 6.20 Å². The second-order valence-electron chi connectivity index (χ2n) is 3.52. The number of nitrogens with one attached hydrogen (secondary N) is 1. The Hall–Kier alpha value is -3.26. The van der Waals surface area contributed by atoms with E-state index >= 15 is 0 Å². The van der Waals surface area contributed by atoms with Crippen LogP contribution in [-0.4, -0.2) is 15.2 Å². The van der Waals surface area contributed by atoms with Crippen molar-refractivity contribution in [1.82, 2.24) is 15.2 Å². The summed E-state index contributed by atoms with van der Waals surface area (Å²) in [4.78, 5) is 0.819. The van der Waals surface area contributed by atoms with Gasteiger partial charge >= 0.3 is 0 Å². The van der Waals surface area contributed by atoms with Crippen molar-refractivity contribution in [3.05, 3.63) is 91.3 Å². The molecule has 0 aliphatic rings. The standard InChI is InChI=1S/C16H16N4O/c17-16-20-19-18-14-12-10-8-6-4-2-1-3-5-7-9-11-13-15-21-20/h1-15,19H. The van der Waals surface area contributed by atoms with Crippen molar-refractivity contribution < 1.29 is 4.52 Å².